The van der Waals surface area contributed by atoms with E-state index in [0.717, 1.165) is 55.7 Å². The lowest BCUT2D eigenvalue weighted by Crippen LogP contribution is -2.44. The normalized spacial score (nSPS) is 16.2. The van der Waals surface area contributed by atoms with Crippen molar-refractivity contribution in [1.29, 1.82) is 0 Å². The van der Waals surface area contributed by atoms with Gasteiger partial charge in [0.25, 0.3) is 0 Å². The zero-order chi connectivity index (χ0) is 20.6. The fourth-order valence-electron chi connectivity index (χ4n) is 3.45. The van der Waals surface area contributed by atoms with Gasteiger partial charge in [-0.05, 0) is 25.8 Å². The highest BCUT2D eigenvalue weighted by molar-refractivity contribution is 14.0. The quantitative estimate of drug-likeness (QED) is 0.312. The number of rotatable bonds is 8. The third-order valence-electron chi connectivity index (χ3n) is 4.94. The second-order valence-electron chi connectivity index (χ2n) is 7.19. The molecule has 8 nitrogen and oxygen atoms in total. The molecule has 0 amide bonds. The van der Waals surface area contributed by atoms with Gasteiger partial charge in [0.05, 0.1) is 33.5 Å². The molecule has 9 heteroatoms. The van der Waals surface area contributed by atoms with Crippen LogP contribution in [0.2, 0.25) is 0 Å². The van der Waals surface area contributed by atoms with E-state index in [0.29, 0.717) is 12.6 Å². The second-order valence-corrected chi connectivity index (χ2v) is 7.19. The lowest BCUT2D eigenvalue weighted by atomic mass is 10.2. The van der Waals surface area contributed by atoms with Crippen molar-refractivity contribution in [1.82, 2.24) is 20.4 Å². The number of halogens is 1. The molecule has 2 heterocycles. The maximum atomic E-state index is 5.40. The molecule has 1 aromatic heterocycles. The Labute approximate surface area is 196 Å². The number of hydrogen-bond donors (Lipinski definition) is 2. The molecule has 0 spiro atoms. The average molecular weight is 528 g/mol. The molecular formula is C21H33IN6O2. The van der Waals surface area contributed by atoms with Crippen LogP contribution in [-0.4, -0.2) is 62.2 Å². The summed E-state index contributed by atoms with van der Waals surface area (Å²) < 4.78 is 12.7. The van der Waals surface area contributed by atoms with Crippen molar-refractivity contribution in [3.63, 3.8) is 0 Å². The largest absolute Gasteiger partial charge is 0.497 e. The van der Waals surface area contributed by atoms with E-state index in [1.807, 2.05) is 30.1 Å². The first-order valence-corrected chi connectivity index (χ1v) is 10.1. The molecule has 2 aromatic rings. The van der Waals surface area contributed by atoms with Gasteiger partial charge in [0, 0.05) is 55.8 Å². The van der Waals surface area contributed by atoms with Crippen LogP contribution in [0.1, 0.15) is 18.9 Å². The summed E-state index contributed by atoms with van der Waals surface area (Å²) >= 11 is 0. The van der Waals surface area contributed by atoms with Crippen LogP contribution in [0.25, 0.3) is 0 Å². The lowest BCUT2D eigenvalue weighted by molar-refractivity contribution is 0.394. The van der Waals surface area contributed by atoms with Gasteiger partial charge in [-0.15, -0.1) is 24.0 Å². The fourth-order valence-corrected chi connectivity index (χ4v) is 3.45. The summed E-state index contributed by atoms with van der Waals surface area (Å²) in [4.78, 5) is 7.06. The Morgan fingerprint density at radius 3 is 2.57 bits per heavy atom. The number of hydrogen-bond acceptors (Lipinski definition) is 5. The van der Waals surface area contributed by atoms with E-state index < -0.39 is 0 Å². The van der Waals surface area contributed by atoms with Crippen molar-refractivity contribution in [3.8, 4) is 11.5 Å². The number of nitrogens with zero attached hydrogens (tertiary/aromatic N) is 4. The molecule has 0 saturated carbocycles. The van der Waals surface area contributed by atoms with Crippen molar-refractivity contribution < 1.29 is 9.47 Å². The van der Waals surface area contributed by atoms with Gasteiger partial charge in [-0.2, -0.15) is 5.10 Å². The molecule has 0 aliphatic carbocycles. The molecule has 1 atom stereocenters. The van der Waals surface area contributed by atoms with Crippen LogP contribution in [-0.2, 0) is 6.54 Å². The maximum Gasteiger partial charge on any atom is 0.191 e. The summed E-state index contributed by atoms with van der Waals surface area (Å²) in [5.41, 5.74) is 2.28. The number of aliphatic imine (C=N–C) groups is 1. The highest BCUT2D eigenvalue weighted by atomic mass is 127. The molecule has 2 N–H and O–H groups in total. The molecule has 1 saturated heterocycles. The summed E-state index contributed by atoms with van der Waals surface area (Å²) in [6.07, 6.45) is 4.95. The minimum Gasteiger partial charge on any atom is -0.497 e. The van der Waals surface area contributed by atoms with Crippen LogP contribution in [0.3, 0.4) is 0 Å². The summed E-state index contributed by atoms with van der Waals surface area (Å²) in [5, 5.41) is 11.2. The van der Waals surface area contributed by atoms with Crippen LogP contribution in [0.5, 0.6) is 11.5 Å². The standard InChI is InChI=1S/C21H32N6O2.HI/c1-5-22-21(23-7-9-27-14-16(2)13-24-27)25-17-6-8-26(15-17)18-10-19(28-3)12-20(11-18)29-4;/h10-14,17H,5-9,15H2,1-4H3,(H2,22,23,25);1H. The monoisotopic (exact) mass is 528 g/mol. The van der Waals surface area contributed by atoms with E-state index in [1.165, 1.54) is 5.56 Å². The number of aryl methyl sites for hydroxylation is 1. The van der Waals surface area contributed by atoms with E-state index in [1.54, 1.807) is 14.2 Å². The Balaban J connectivity index is 0.00000320. The number of anilines is 1. The Bertz CT molecular complexity index is 803. The minimum atomic E-state index is 0. The Kier molecular flexibility index (Phi) is 9.54. The highest BCUT2D eigenvalue weighted by Gasteiger charge is 2.24. The van der Waals surface area contributed by atoms with Crippen molar-refractivity contribution in [3.05, 3.63) is 36.2 Å². The minimum absolute atomic E-state index is 0. The smallest absolute Gasteiger partial charge is 0.191 e. The summed E-state index contributed by atoms with van der Waals surface area (Å²) in [7, 11) is 3.35. The molecule has 1 unspecified atom stereocenters. The third-order valence-corrected chi connectivity index (χ3v) is 4.94. The van der Waals surface area contributed by atoms with Crippen LogP contribution in [0, 0.1) is 6.92 Å². The molecule has 1 aliphatic heterocycles. The molecule has 0 bridgehead atoms. The van der Waals surface area contributed by atoms with Gasteiger partial charge in [-0.25, -0.2) is 0 Å². The van der Waals surface area contributed by atoms with Crippen molar-refractivity contribution in [2.45, 2.75) is 32.9 Å². The first-order chi connectivity index (χ1) is 14.1. The Hall–Kier alpha value is -2.17. The van der Waals surface area contributed by atoms with Crippen LogP contribution >= 0.6 is 24.0 Å². The lowest BCUT2D eigenvalue weighted by Gasteiger charge is -2.21. The number of guanidine groups is 1. The maximum absolute atomic E-state index is 5.40. The van der Waals surface area contributed by atoms with Gasteiger partial charge in [0.1, 0.15) is 11.5 Å². The first kappa shape index (κ1) is 24.1. The predicted molar refractivity (Wildman–Crippen MR) is 132 cm³/mol. The van der Waals surface area contributed by atoms with Gasteiger partial charge >= 0.3 is 0 Å². The second kappa shape index (κ2) is 11.9. The zero-order valence-electron chi connectivity index (χ0n) is 18.2. The van der Waals surface area contributed by atoms with Gasteiger partial charge in [0.15, 0.2) is 5.96 Å². The van der Waals surface area contributed by atoms with Gasteiger partial charge in [-0.3, -0.25) is 9.67 Å². The van der Waals surface area contributed by atoms with Crippen LogP contribution in [0.4, 0.5) is 5.69 Å². The van der Waals surface area contributed by atoms with Gasteiger partial charge < -0.3 is 25.0 Å². The Morgan fingerprint density at radius 1 is 1.23 bits per heavy atom. The fraction of sp³-hybridized carbons (Fsp3) is 0.524. The number of nitrogens with one attached hydrogen (secondary N) is 2. The van der Waals surface area contributed by atoms with E-state index in [2.05, 4.69) is 39.7 Å². The van der Waals surface area contributed by atoms with Gasteiger partial charge in [-0.1, -0.05) is 0 Å². The van der Waals surface area contributed by atoms with E-state index in [-0.39, 0.29) is 24.0 Å². The number of methoxy groups -OCH3 is 2. The zero-order valence-corrected chi connectivity index (χ0v) is 20.6. The molecule has 3 rings (SSSR count). The highest BCUT2D eigenvalue weighted by Crippen LogP contribution is 2.30. The van der Waals surface area contributed by atoms with E-state index in [4.69, 9.17) is 14.5 Å². The molecular weight excluding hydrogens is 495 g/mol. The predicted octanol–water partition coefficient (Wildman–Crippen LogP) is 2.66. The summed E-state index contributed by atoms with van der Waals surface area (Å²) in [5.74, 6) is 2.46. The molecule has 1 aromatic carbocycles. The number of aromatic nitrogens is 2. The first-order valence-electron chi connectivity index (χ1n) is 10.1. The van der Waals surface area contributed by atoms with E-state index >= 15 is 0 Å². The van der Waals surface area contributed by atoms with Crippen molar-refractivity contribution >= 4 is 35.6 Å². The molecule has 1 aliphatic rings. The SMILES string of the molecule is CCNC(=NCCn1cc(C)cn1)NC1CCN(c2cc(OC)cc(OC)c2)C1.I. The number of ether oxygens (including phenoxy) is 2. The third kappa shape index (κ3) is 6.68. The van der Waals surface area contributed by atoms with Crippen molar-refractivity contribution in [2.75, 3.05) is 45.3 Å². The summed E-state index contributed by atoms with van der Waals surface area (Å²) in [6.45, 7) is 8.28. The van der Waals surface area contributed by atoms with Gasteiger partial charge in [0.2, 0.25) is 0 Å². The van der Waals surface area contributed by atoms with Crippen LogP contribution in [0.15, 0.2) is 35.6 Å². The molecule has 0 radical (unpaired) electrons. The van der Waals surface area contributed by atoms with Crippen LogP contribution < -0.4 is 25.0 Å². The molecule has 166 valence electrons. The topological polar surface area (TPSA) is 75.9 Å². The molecule has 1 fully saturated rings. The Morgan fingerprint density at radius 2 is 1.97 bits per heavy atom. The molecule has 30 heavy (non-hydrogen) atoms. The van der Waals surface area contributed by atoms with Crippen molar-refractivity contribution in [2.24, 2.45) is 4.99 Å². The number of benzene rings is 1. The average Bonchev–Trinajstić information content (AvgIpc) is 3.36. The van der Waals surface area contributed by atoms with E-state index in [9.17, 15) is 0 Å². The summed E-state index contributed by atoms with van der Waals surface area (Å²) in [6, 6.07) is 6.33.